The number of carboxylic acids is 2. The molecule has 25 heavy (non-hydrogen) atoms. The van der Waals surface area contributed by atoms with Crippen LogP contribution < -0.4 is 0 Å². The molecule has 0 heterocycles. The first-order chi connectivity index (χ1) is 11.5. The lowest BCUT2D eigenvalue weighted by atomic mass is 9.72. The molecule has 1 rings (SSSR count). The van der Waals surface area contributed by atoms with E-state index in [4.69, 9.17) is 5.11 Å². The van der Waals surface area contributed by atoms with Gasteiger partial charge >= 0.3 is 11.9 Å². The van der Waals surface area contributed by atoms with Gasteiger partial charge in [-0.1, -0.05) is 43.2 Å². The van der Waals surface area contributed by atoms with Gasteiger partial charge in [-0.2, -0.15) is 0 Å². The van der Waals surface area contributed by atoms with Gasteiger partial charge in [0.25, 0.3) is 0 Å². The van der Waals surface area contributed by atoms with Crippen molar-refractivity contribution in [2.75, 3.05) is 0 Å². The van der Waals surface area contributed by atoms with E-state index in [1.165, 1.54) is 30.6 Å². The Labute approximate surface area is 149 Å². The largest absolute Gasteiger partial charge is 0.478 e. The molecule has 0 radical (unpaired) electrons. The van der Waals surface area contributed by atoms with E-state index < -0.39 is 11.9 Å². The molecule has 0 fully saturated rings. The van der Waals surface area contributed by atoms with Crippen molar-refractivity contribution in [2.24, 2.45) is 5.41 Å². The van der Waals surface area contributed by atoms with Gasteiger partial charge in [-0.05, 0) is 62.7 Å². The highest BCUT2D eigenvalue weighted by Gasteiger charge is 2.26. The summed E-state index contributed by atoms with van der Waals surface area (Å²) >= 11 is 0. The highest BCUT2D eigenvalue weighted by Crippen LogP contribution is 2.40. The molecule has 1 aliphatic rings. The number of carbonyl (C=O) groups is 2. The minimum absolute atomic E-state index is 0.0245. The molecule has 0 aliphatic heterocycles. The third kappa shape index (κ3) is 6.22. The summed E-state index contributed by atoms with van der Waals surface area (Å²) in [6.07, 6.45) is 11.6. The van der Waals surface area contributed by atoms with Crippen molar-refractivity contribution in [3.63, 3.8) is 0 Å². The Bertz CT molecular complexity index is 697. The second kappa shape index (κ2) is 8.65. The van der Waals surface area contributed by atoms with Crippen LogP contribution in [-0.2, 0) is 9.59 Å². The summed E-state index contributed by atoms with van der Waals surface area (Å²) in [5.74, 6) is -2.30. The van der Waals surface area contributed by atoms with E-state index in [9.17, 15) is 14.7 Å². The van der Waals surface area contributed by atoms with Gasteiger partial charge in [0, 0.05) is 6.08 Å². The maximum Gasteiger partial charge on any atom is 0.335 e. The summed E-state index contributed by atoms with van der Waals surface area (Å²) in [4.78, 5) is 22.0. The molecule has 0 aromatic rings. The summed E-state index contributed by atoms with van der Waals surface area (Å²) in [5.41, 5.74) is 3.99. The van der Waals surface area contributed by atoms with Crippen molar-refractivity contribution in [3.8, 4) is 0 Å². The lowest BCUT2D eigenvalue weighted by molar-refractivity contribution is -0.132. The molecule has 136 valence electrons. The van der Waals surface area contributed by atoms with E-state index in [2.05, 4.69) is 26.8 Å². The lowest BCUT2D eigenvalue weighted by Crippen LogP contribution is -2.19. The number of hydrogen-bond acceptors (Lipinski definition) is 2. The Morgan fingerprint density at radius 2 is 1.76 bits per heavy atom. The molecule has 0 saturated carbocycles. The first-order valence-corrected chi connectivity index (χ1v) is 8.46. The predicted molar refractivity (Wildman–Crippen MR) is 100 cm³/mol. The smallest absolute Gasteiger partial charge is 0.335 e. The first-order valence-electron chi connectivity index (χ1n) is 8.46. The zero-order chi connectivity index (χ0) is 19.2. The summed E-state index contributed by atoms with van der Waals surface area (Å²) in [7, 11) is 0. The van der Waals surface area contributed by atoms with Crippen LogP contribution in [0.3, 0.4) is 0 Å². The van der Waals surface area contributed by atoms with E-state index in [-0.39, 0.29) is 16.6 Å². The van der Waals surface area contributed by atoms with Crippen molar-refractivity contribution < 1.29 is 19.8 Å². The molecule has 0 bridgehead atoms. The van der Waals surface area contributed by atoms with Gasteiger partial charge in [0.2, 0.25) is 0 Å². The van der Waals surface area contributed by atoms with Gasteiger partial charge in [0.05, 0.1) is 5.57 Å². The molecule has 0 spiro atoms. The van der Waals surface area contributed by atoms with E-state index in [1.54, 1.807) is 6.08 Å². The van der Waals surface area contributed by atoms with Crippen molar-refractivity contribution >= 4 is 11.9 Å². The van der Waals surface area contributed by atoms with E-state index >= 15 is 0 Å². The summed E-state index contributed by atoms with van der Waals surface area (Å²) in [5, 5.41) is 18.0. The monoisotopic (exact) mass is 344 g/mol. The molecule has 4 nitrogen and oxygen atoms in total. The van der Waals surface area contributed by atoms with Gasteiger partial charge in [-0.3, -0.25) is 0 Å². The fourth-order valence-electron chi connectivity index (χ4n) is 3.13. The molecule has 0 saturated heterocycles. The zero-order valence-corrected chi connectivity index (χ0v) is 15.7. The van der Waals surface area contributed by atoms with Gasteiger partial charge in [-0.25, -0.2) is 9.59 Å². The SMILES string of the molecule is CC1=C(/C=C/C(C)=C/C=C(C(=O)O)\C(C)=C/C(=O)O)C(C)(C)CCC1. The molecule has 2 N–H and O–H groups in total. The van der Waals surface area contributed by atoms with Crippen molar-refractivity contribution in [2.45, 2.75) is 53.9 Å². The quantitative estimate of drug-likeness (QED) is 0.522. The number of aliphatic carboxylic acids is 2. The molecule has 0 aromatic heterocycles. The van der Waals surface area contributed by atoms with Crippen LogP contribution in [0.1, 0.15) is 53.9 Å². The van der Waals surface area contributed by atoms with E-state index in [1.807, 2.05) is 13.0 Å². The maximum absolute atomic E-state index is 11.3. The van der Waals surface area contributed by atoms with Gasteiger partial charge in [0.1, 0.15) is 0 Å². The average Bonchev–Trinajstić information content (AvgIpc) is 2.44. The van der Waals surface area contributed by atoms with Crippen LogP contribution in [0.15, 0.2) is 58.2 Å². The van der Waals surface area contributed by atoms with Crippen LogP contribution in [0, 0.1) is 5.41 Å². The Balaban J connectivity index is 3.07. The maximum atomic E-state index is 11.3. The average molecular weight is 344 g/mol. The van der Waals surface area contributed by atoms with E-state index in [0.717, 1.165) is 24.5 Å². The third-order valence-electron chi connectivity index (χ3n) is 4.56. The second-order valence-corrected chi connectivity index (χ2v) is 7.23. The normalized spacial score (nSPS) is 19.5. The van der Waals surface area contributed by atoms with Gasteiger partial charge in [-0.15, -0.1) is 0 Å². The van der Waals surface area contributed by atoms with Crippen molar-refractivity contribution in [3.05, 3.63) is 58.2 Å². The first kappa shape index (κ1) is 20.7. The Morgan fingerprint density at radius 1 is 1.12 bits per heavy atom. The molecule has 0 aromatic carbocycles. The molecular weight excluding hydrogens is 316 g/mol. The second-order valence-electron chi connectivity index (χ2n) is 7.23. The molecule has 4 heteroatoms. The lowest BCUT2D eigenvalue weighted by Gasteiger charge is -2.32. The molecule has 1 aliphatic carbocycles. The zero-order valence-electron chi connectivity index (χ0n) is 15.7. The molecule has 0 atom stereocenters. The fraction of sp³-hybridized carbons (Fsp3) is 0.429. The molecule has 0 unspecified atom stereocenters. The topological polar surface area (TPSA) is 74.6 Å². The Hall–Kier alpha value is -2.36. The minimum Gasteiger partial charge on any atom is -0.478 e. The number of allylic oxidation sites excluding steroid dienone is 7. The standard InChI is InChI=1S/C21H28O4/c1-14(8-10-17(20(24)25)16(3)13-19(22)23)9-11-18-15(2)7-6-12-21(18,4)5/h8-11,13H,6-7,12H2,1-5H3,(H,22,23)(H,24,25)/b11-9+,14-8+,16-13-,17-10+. The van der Waals surface area contributed by atoms with Crippen molar-refractivity contribution in [1.82, 2.24) is 0 Å². The Kier molecular flexibility index (Phi) is 7.16. The van der Waals surface area contributed by atoms with Gasteiger partial charge in [0.15, 0.2) is 0 Å². The van der Waals surface area contributed by atoms with Crippen LogP contribution >= 0.6 is 0 Å². The number of carboxylic acid groups (broad SMARTS) is 2. The van der Waals surface area contributed by atoms with Crippen molar-refractivity contribution in [1.29, 1.82) is 0 Å². The van der Waals surface area contributed by atoms with Crippen LogP contribution in [0.4, 0.5) is 0 Å². The highest BCUT2D eigenvalue weighted by atomic mass is 16.4. The fourth-order valence-corrected chi connectivity index (χ4v) is 3.13. The van der Waals surface area contributed by atoms with Crippen LogP contribution in [0.5, 0.6) is 0 Å². The van der Waals surface area contributed by atoms with Crippen LogP contribution in [0.25, 0.3) is 0 Å². The Morgan fingerprint density at radius 3 is 2.28 bits per heavy atom. The number of hydrogen-bond donors (Lipinski definition) is 2. The minimum atomic E-state index is -1.16. The molecule has 0 amide bonds. The number of rotatable bonds is 6. The summed E-state index contributed by atoms with van der Waals surface area (Å²) < 4.78 is 0. The van der Waals surface area contributed by atoms with Gasteiger partial charge < -0.3 is 10.2 Å². The third-order valence-corrected chi connectivity index (χ3v) is 4.56. The van der Waals surface area contributed by atoms with Crippen LogP contribution in [-0.4, -0.2) is 22.2 Å². The molecular formula is C21H28O4. The highest BCUT2D eigenvalue weighted by molar-refractivity contribution is 5.94. The predicted octanol–water partition coefficient (Wildman–Crippen LogP) is 5.06. The van der Waals surface area contributed by atoms with Crippen LogP contribution in [0.2, 0.25) is 0 Å². The summed E-state index contributed by atoms with van der Waals surface area (Å²) in [6.45, 7) is 10.0. The summed E-state index contributed by atoms with van der Waals surface area (Å²) in [6, 6.07) is 0. The van der Waals surface area contributed by atoms with E-state index in [0.29, 0.717) is 0 Å².